The highest BCUT2D eigenvalue weighted by Gasteiger charge is 2.20. The number of nitrogens with zero attached hydrogens (tertiary/aromatic N) is 2. The zero-order chi connectivity index (χ0) is 12.1. The van der Waals surface area contributed by atoms with Crippen LogP contribution < -0.4 is 10.2 Å². The molecule has 1 aliphatic rings. The van der Waals surface area contributed by atoms with Crippen molar-refractivity contribution in [2.45, 2.75) is 25.4 Å². The summed E-state index contributed by atoms with van der Waals surface area (Å²) < 4.78 is 5.40. The molecule has 0 atom stereocenters. The molecule has 0 unspecified atom stereocenters. The van der Waals surface area contributed by atoms with Gasteiger partial charge in [-0.2, -0.15) is 0 Å². The molecule has 2 rings (SSSR count). The van der Waals surface area contributed by atoms with E-state index in [1.54, 1.807) is 0 Å². The first-order valence-electron chi connectivity index (χ1n) is 6.22. The van der Waals surface area contributed by atoms with Crippen LogP contribution in [0.25, 0.3) is 0 Å². The van der Waals surface area contributed by atoms with Crippen LogP contribution in [0.4, 0.5) is 5.82 Å². The maximum absolute atomic E-state index is 5.40. The van der Waals surface area contributed by atoms with Crippen LogP contribution in [0, 0.1) is 0 Å². The molecule has 4 nitrogen and oxygen atoms in total. The van der Waals surface area contributed by atoms with E-state index in [1.165, 1.54) is 5.56 Å². The average molecular weight is 235 g/mol. The van der Waals surface area contributed by atoms with Crippen LogP contribution >= 0.6 is 0 Å². The van der Waals surface area contributed by atoms with Crippen molar-refractivity contribution in [1.29, 1.82) is 0 Å². The minimum Gasteiger partial charge on any atom is -0.381 e. The Hall–Kier alpha value is -1.13. The van der Waals surface area contributed by atoms with Crippen LogP contribution in [0.15, 0.2) is 18.3 Å². The molecule has 94 valence electrons. The van der Waals surface area contributed by atoms with Gasteiger partial charge in [0.15, 0.2) is 0 Å². The minimum atomic E-state index is 0.550. The third-order valence-electron chi connectivity index (χ3n) is 3.31. The summed E-state index contributed by atoms with van der Waals surface area (Å²) in [4.78, 5) is 6.82. The fourth-order valence-corrected chi connectivity index (χ4v) is 2.32. The summed E-state index contributed by atoms with van der Waals surface area (Å²) in [5.41, 5.74) is 1.25. The second-order valence-corrected chi connectivity index (χ2v) is 4.47. The van der Waals surface area contributed by atoms with Gasteiger partial charge in [-0.25, -0.2) is 4.98 Å². The van der Waals surface area contributed by atoms with Crippen molar-refractivity contribution >= 4 is 5.82 Å². The van der Waals surface area contributed by atoms with E-state index in [0.29, 0.717) is 6.04 Å². The van der Waals surface area contributed by atoms with Gasteiger partial charge in [0, 0.05) is 44.6 Å². The van der Waals surface area contributed by atoms with Gasteiger partial charge in [-0.05, 0) is 26.0 Å². The topological polar surface area (TPSA) is 37.4 Å². The Labute approximate surface area is 103 Å². The Balaban J connectivity index is 2.14. The normalized spacial score (nSPS) is 17.1. The van der Waals surface area contributed by atoms with Crippen molar-refractivity contribution < 1.29 is 4.74 Å². The van der Waals surface area contributed by atoms with Crippen LogP contribution in [-0.2, 0) is 11.3 Å². The molecule has 1 aromatic heterocycles. The van der Waals surface area contributed by atoms with Gasteiger partial charge in [-0.15, -0.1) is 0 Å². The number of nitrogens with one attached hydrogen (secondary N) is 1. The van der Waals surface area contributed by atoms with Gasteiger partial charge < -0.3 is 15.0 Å². The van der Waals surface area contributed by atoms with Crippen molar-refractivity contribution in [1.82, 2.24) is 10.3 Å². The highest BCUT2D eigenvalue weighted by molar-refractivity contribution is 5.46. The monoisotopic (exact) mass is 235 g/mol. The zero-order valence-electron chi connectivity index (χ0n) is 10.6. The fourth-order valence-electron chi connectivity index (χ4n) is 2.32. The lowest BCUT2D eigenvalue weighted by atomic mass is 10.1. The first-order chi connectivity index (χ1) is 8.33. The second-order valence-electron chi connectivity index (χ2n) is 4.47. The molecule has 1 saturated heterocycles. The van der Waals surface area contributed by atoms with Crippen molar-refractivity contribution in [2.24, 2.45) is 0 Å². The van der Waals surface area contributed by atoms with Crippen molar-refractivity contribution in [3.05, 3.63) is 23.9 Å². The standard InChI is InChI=1S/C13H21N3O/c1-14-10-11-4-3-7-15-13(11)16(2)12-5-8-17-9-6-12/h3-4,7,12,14H,5-6,8-10H2,1-2H3. The SMILES string of the molecule is CNCc1cccnc1N(C)C1CCOCC1. The van der Waals surface area contributed by atoms with Gasteiger partial charge in [0.2, 0.25) is 0 Å². The van der Waals surface area contributed by atoms with E-state index < -0.39 is 0 Å². The van der Waals surface area contributed by atoms with Gasteiger partial charge in [0.25, 0.3) is 0 Å². The van der Waals surface area contributed by atoms with E-state index in [1.807, 2.05) is 19.3 Å². The van der Waals surface area contributed by atoms with Gasteiger partial charge in [0.05, 0.1) is 0 Å². The molecule has 17 heavy (non-hydrogen) atoms. The van der Waals surface area contributed by atoms with Crippen molar-refractivity contribution in [3.8, 4) is 0 Å². The number of hydrogen-bond donors (Lipinski definition) is 1. The maximum atomic E-state index is 5.40. The van der Waals surface area contributed by atoms with E-state index in [-0.39, 0.29) is 0 Å². The maximum Gasteiger partial charge on any atom is 0.133 e. The van der Waals surface area contributed by atoms with E-state index in [4.69, 9.17) is 4.74 Å². The molecule has 1 aromatic rings. The Kier molecular flexibility index (Phi) is 4.34. The van der Waals surface area contributed by atoms with Crippen LogP contribution in [-0.4, -0.2) is 38.3 Å². The highest BCUT2D eigenvalue weighted by atomic mass is 16.5. The smallest absolute Gasteiger partial charge is 0.133 e. The lowest BCUT2D eigenvalue weighted by Gasteiger charge is -2.33. The van der Waals surface area contributed by atoms with Gasteiger partial charge in [-0.3, -0.25) is 0 Å². The fraction of sp³-hybridized carbons (Fsp3) is 0.615. The molecule has 0 radical (unpaired) electrons. The molecule has 0 amide bonds. The van der Waals surface area contributed by atoms with Crippen LogP contribution in [0.2, 0.25) is 0 Å². The summed E-state index contributed by atoms with van der Waals surface area (Å²) in [5, 5.41) is 3.19. The quantitative estimate of drug-likeness (QED) is 0.856. The summed E-state index contributed by atoms with van der Waals surface area (Å²) in [6, 6.07) is 4.68. The molecule has 2 heterocycles. The number of ether oxygens (including phenoxy) is 1. The zero-order valence-corrected chi connectivity index (χ0v) is 10.6. The molecule has 0 aromatic carbocycles. The molecule has 0 spiro atoms. The average Bonchev–Trinajstić information content (AvgIpc) is 2.40. The Morgan fingerprint density at radius 1 is 1.47 bits per heavy atom. The lowest BCUT2D eigenvalue weighted by Crippen LogP contribution is -2.37. The summed E-state index contributed by atoms with van der Waals surface area (Å²) >= 11 is 0. The van der Waals surface area contributed by atoms with Crippen LogP contribution in [0.3, 0.4) is 0 Å². The lowest BCUT2D eigenvalue weighted by molar-refractivity contribution is 0.0853. The first-order valence-corrected chi connectivity index (χ1v) is 6.22. The molecule has 1 fully saturated rings. The highest BCUT2D eigenvalue weighted by Crippen LogP contribution is 2.22. The third-order valence-corrected chi connectivity index (χ3v) is 3.31. The Morgan fingerprint density at radius 3 is 2.94 bits per heavy atom. The summed E-state index contributed by atoms with van der Waals surface area (Å²) in [6.07, 6.45) is 4.04. The Bertz CT molecular complexity index is 350. The number of pyridine rings is 1. The van der Waals surface area contributed by atoms with E-state index in [9.17, 15) is 0 Å². The summed E-state index contributed by atoms with van der Waals surface area (Å²) in [6.45, 7) is 2.59. The molecule has 1 N–H and O–H groups in total. The predicted molar refractivity (Wildman–Crippen MR) is 69.2 cm³/mol. The van der Waals surface area contributed by atoms with E-state index >= 15 is 0 Å². The summed E-state index contributed by atoms with van der Waals surface area (Å²) in [5.74, 6) is 1.09. The first kappa shape index (κ1) is 12.3. The molecule has 0 aliphatic carbocycles. The van der Waals surface area contributed by atoms with Gasteiger partial charge in [0.1, 0.15) is 5.82 Å². The molecule has 4 heteroatoms. The summed E-state index contributed by atoms with van der Waals surface area (Å²) in [7, 11) is 4.10. The second kappa shape index (κ2) is 5.98. The van der Waals surface area contributed by atoms with Crippen molar-refractivity contribution in [2.75, 3.05) is 32.2 Å². The predicted octanol–water partition coefficient (Wildman–Crippen LogP) is 1.42. The largest absolute Gasteiger partial charge is 0.381 e. The van der Waals surface area contributed by atoms with Gasteiger partial charge >= 0.3 is 0 Å². The molecular formula is C13H21N3O. The Morgan fingerprint density at radius 2 is 2.24 bits per heavy atom. The van der Waals surface area contributed by atoms with Crippen LogP contribution in [0.5, 0.6) is 0 Å². The molecule has 1 aliphatic heterocycles. The van der Waals surface area contributed by atoms with Crippen molar-refractivity contribution in [3.63, 3.8) is 0 Å². The van der Waals surface area contributed by atoms with Crippen LogP contribution in [0.1, 0.15) is 18.4 Å². The van der Waals surface area contributed by atoms with E-state index in [0.717, 1.165) is 38.4 Å². The number of hydrogen-bond acceptors (Lipinski definition) is 4. The molecule has 0 bridgehead atoms. The minimum absolute atomic E-state index is 0.550. The number of aromatic nitrogens is 1. The third kappa shape index (κ3) is 2.96. The molecule has 0 saturated carbocycles. The number of anilines is 1. The molecular weight excluding hydrogens is 214 g/mol. The van der Waals surface area contributed by atoms with Gasteiger partial charge in [-0.1, -0.05) is 6.07 Å². The van der Waals surface area contributed by atoms with E-state index in [2.05, 4.69) is 28.3 Å². The number of rotatable bonds is 4.